The second kappa shape index (κ2) is 7.82. The summed E-state index contributed by atoms with van der Waals surface area (Å²) in [5.41, 5.74) is 1.19. The van der Waals surface area contributed by atoms with Crippen molar-refractivity contribution in [2.75, 3.05) is 19.6 Å². The molecule has 2 amide bonds. The fourth-order valence-electron chi connectivity index (χ4n) is 3.44. The van der Waals surface area contributed by atoms with Crippen molar-refractivity contribution in [3.05, 3.63) is 35.9 Å². The average molecular weight is 315 g/mol. The molecule has 0 spiro atoms. The van der Waals surface area contributed by atoms with E-state index < -0.39 is 0 Å². The second-order valence-corrected chi connectivity index (χ2v) is 6.90. The summed E-state index contributed by atoms with van der Waals surface area (Å²) in [6.07, 6.45) is 5.91. The lowest BCUT2D eigenvalue weighted by Gasteiger charge is -2.34. The Morgan fingerprint density at radius 2 is 1.87 bits per heavy atom. The number of benzene rings is 1. The van der Waals surface area contributed by atoms with E-state index in [1.807, 2.05) is 23.1 Å². The predicted molar refractivity (Wildman–Crippen MR) is 93.3 cm³/mol. The molecule has 0 unspecified atom stereocenters. The van der Waals surface area contributed by atoms with Gasteiger partial charge in [-0.15, -0.1) is 0 Å². The molecule has 1 aromatic carbocycles. The lowest BCUT2D eigenvalue weighted by molar-refractivity contribution is 0.167. The van der Waals surface area contributed by atoms with Gasteiger partial charge in [-0.3, -0.25) is 0 Å². The van der Waals surface area contributed by atoms with Gasteiger partial charge in [-0.25, -0.2) is 4.79 Å². The average Bonchev–Trinajstić information content (AvgIpc) is 3.41. The number of urea groups is 1. The lowest BCUT2D eigenvalue weighted by atomic mass is 10.1. The Balaban J connectivity index is 1.49. The molecule has 1 aromatic rings. The summed E-state index contributed by atoms with van der Waals surface area (Å²) in [5.74, 6) is 0. The van der Waals surface area contributed by atoms with Crippen LogP contribution in [0.2, 0.25) is 0 Å². The zero-order chi connectivity index (χ0) is 16.1. The van der Waals surface area contributed by atoms with Crippen LogP contribution in [0, 0.1) is 0 Å². The number of nitrogens with zero attached hydrogens (tertiary/aromatic N) is 2. The van der Waals surface area contributed by atoms with Gasteiger partial charge in [0.2, 0.25) is 0 Å². The summed E-state index contributed by atoms with van der Waals surface area (Å²) in [6, 6.07) is 11.5. The minimum absolute atomic E-state index is 0.0978. The van der Waals surface area contributed by atoms with Gasteiger partial charge in [-0.1, -0.05) is 37.3 Å². The number of amides is 2. The van der Waals surface area contributed by atoms with Gasteiger partial charge in [0.05, 0.1) is 0 Å². The standard InChI is InChI=1S/C19H29N3O/c1-2-12-22(15-16-6-4-3-5-7-16)19(23)20-17-10-13-21(14-11-17)18-8-9-18/h3-7,17-18H,2,8-15H2,1H3,(H,20,23). The highest BCUT2D eigenvalue weighted by atomic mass is 16.2. The molecule has 2 fully saturated rings. The topological polar surface area (TPSA) is 35.6 Å². The zero-order valence-corrected chi connectivity index (χ0v) is 14.2. The Bertz CT molecular complexity index is 493. The monoisotopic (exact) mass is 315 g/mol. The van der Waals surface area contributed by atoms with E-state index in [2.05, 4.69) is 29.3 Å². The van der Waals surface area contributed by atoms with Gasteiger partial charge in [0.1, 0.15) is 0 Å². The molecule has 0 radical (unpaired) electrons. The van der Waals surface area contributed by atoms with E-state index in [0.29, 0.717) is 12.6 Å². The lowest BCUT2D eigenvalue weighted by Crippen LogP contribution is -2.49. The SMILES string of the molecule is CCCN(Cc1ccccc1)C(=O)NC1CCN(C2CC2)CC1. The number of piperidine rings is 1. The van der Waals surface area contributed by atoms with Gasteiger partial charge in [0.15, 0.2) is 0 Å². The molecule has 1 aliphatic carbocycles. The first kappa shape index (κ1) is 16.3. The van der Waals surface area contributed by atoms with Crippen molar-refractivity contribution in [3.63, 3.8) is 0 Å². The van der Waals surface area contributed by atoms with E-state index >= 15 is 0 Å². The first-order valence-electron chi connectivity index (χ1n) is 9.09. The maximum atomic E-state index is 12.6. The van der Waals surface area contributed by atoms with Crippen LogP contribution in [0.4, 0.5) is 4.79 Å². The molecule has 23 heavy (non-hydrogen) atoms. The van der Waals surface area contributed by atoms with E-state index in [0.717, 1.165) is 44.9 Å². The Morgan fingerprint density at radius 1 is 1.17 bits per heavy atom. The van der Waals surface area contributed by atoms with Crippen LogP contribution in [0.3, 0.4) is 0 Å². The van der Waals surface area contributed by atoms with Crippen LogP contribution in [0.5, 0.6) is 0 Å². The molecule has 0 atom stereocenters. The number of carbonyl (C=O) groups is 1. The van der Waals surface area contributed by atoms with Crippen molar-refractivity contribution >= 4 is 6.03 Å². The van der Waals surface area contributed by atoms with Crippen LogP contribution in [-0.4, -0.2) is 47.5 Å². The van der Waals surface area contributed by atoms with Crippen molar-refractivity contribution in [1.29, 1.82) is 0 Å². The molecule has 3 rings (SSSR count). The summed E-state index contributed by atoms with van der Waals surface area (Å²) in [5, 5.41) is 3.26. The van der Waals surface area contributed by atoms with E-state index in [-0.39, 0.29) is 6.03 Å². The highest BCUT2D eigenvalue weighted by Gasteiger charge is 2.32. The van der Waals surface area contributed by atoms with Crippen LogP contribution < -0.4 is 5.32 Å². The van der Waals surface area contributed by atoms with Crippen molar-refractivity contribution in [1.82, 2.24) is 15.1 Å². The van der Waals surface area contributed by atoms with E-state index in [4.69, 9.17) is 0 Å². The van der Waals surface area contributed by atoms with Crippen molar-refractivity contribution in [2.24, 2.45) is 0 Å². The van der Waals surface area contributed by atoms with E-state index in [1.54, 1.807) is 0 Å². The summed E-state index contributed by atoms with van der Waals surface area (Å²) in [6.45, 7) is 5.91. The Morgan fingerprint density at radius 3 is 2.48 bits per heavy atom. The van der Waals surface area contributed by atoms with Crippen molar-refractivity contribution in [2.45, 2.75) is 57.7 Å². The quantitative estimate of drug-likeness (QED) is 0.875. The number of hydrogen-bond donors (Lipinski definition) is 1. The number of carbonyl (C=O) groups excluding carboxylic acids is 1. The van der Waals surface area contributed by atoms with E-state index in [1.165, 1.54) is 18.4 Å². The van der Waals surface area contributed by atoms with Gasteiger partial charge < -0.3 is 15.1 Å². The smallest absolute Gasteiger partial charge is 0.317 e. The number of rotatable bonds is 6. The van der Waals surface area contributed by atoms with Crippen LogP contribution in [-0.2, 0) is 6.54 Å². The fraction of sp³-hybridized carbons (Fsp3) is 0.632. The third kappa shape index (κ3) is 4.71. The Labute approximate surface area is 139 Å². The molecule has 1 N–H and O–H groups in total. The summed E-state index contributed by atoms with van der Waals surface area (Å²) in [7, 11) is 0. The molecule has 126 valence electrons. The molecule has 1 heterocycles. The van der Waals surface area contributed by atoms with Crippen LogP contribution in [0.1, 0.15) is 44.6 Å². The van der Waals surface area contributed by atoms with E-state index in [9.17, 15) is 4.79 Å². The molecular formula is C19H29N3O. The third-order valence-corrected chi connectivity index (χ3v) is 4.92. The maximum absolute atomic E-state index is 12.6. The minimum Gasteiger partial charge on any atom is -0.335 e. The Kier molecular flexibility index (Phi) is 5.55. The van der Waals surface area contributed by atoms with Gasteiger partial charge in [0.25, 0.3) is 0 Å². The third-order valence-electron chi connectivity index (χ3n) is 4.92. The molecule has 4 nitrogen and oxygen atoms in total. The summed E-state index contributed by atoms with van der Waals surface area (Å²) < 4.78 is 0. The summed E-state index contributed by atoms with van der Waals surface area (Å²) in [4.78, 5) is 17.2. The van der Waals surface area contributed by atoms with Crippen LogP contribution >= 0.6 is 0 Å². The zero-order valence-electron chi connectivity index (χ0n) is 14.2. The highest BCUT2D eigenvalue weighted by molar-refractivity contribution is 5.74. The molecule has 1 saturated carbocycles. The second-order valence-electron chi connectivity index (χ2n) is 6.90. The van der Waals surface area contributed by atoms with Gasteiger partial charge >= 0.3 is 6.03 Å². The first-order chi connectivity index (χ1) is 11.3. The molecular weight excluding hydrogens is 286 g/mol. The molecule has 1 saturated heterocycles. The van der Waals surface area contributed by atoms with Gasteiger partial charge in [-0.2, -0.15) is 0 Å². The van der Waals surface area contributed by atoms with Gasteiger partial charge in [0, 0.05) is 38.3 Å². The molecule has 1 aliphatic heterocycles. The minimum atomic E-state index is 0.0978. The van der Waals surface area contributed by atoms with Crippen LogP contribution in [0.15, 0.2) is 30.3 Å². The number of likely N-dealkylation sites (tertiary alicyclic amines) is 1. The molecule has 2 aliphatic rings. The van der Waals surface area contributed by atoms with Gasteiger partial charge in [-0.05, 0) is 37.7 Å². The molecule has 4 heteroatoms. The predicted octanol–water partition coefficient (Wildman–Crippen LogP) is 3.24. The largest absolute Gasteiger partial charge is 0.335 e. The fourth-order valence-corrected chi connectivity index (χ4v) is 3.44. The van der Waals surface area contributed by atoms with Crippen molar-refractivity contribution in [3.8, 4) is 0 Å². The van der Waals surface area contributed by atoms with Crippen LogP contribution in [0.25, 0.3) is 0 Å². The highest BCUT2D eigenvalue weighted by Crippen LogP contribution is 2.29. The molecule has 0 aromatic heterocycles. The Hall–Kier alpha value is -1.55. The first-order valence-corrected chi connectivity index (χ1v) is 9.09. The summed E-state index contributed by atoms with van der Waals surface area (Å²) >= 11 is 0. The molecule has 0 bridgehead atoms. The number of hydrogen-bond acceptors (Lipinski definition) is 2. The maximum Gasteiger partial charge on any atom is 0.317 e. The number of nitrogens with one attached hydrogen (secondary N) is 1. The van der Waals surface area contributed by atoms with Crippen molar-refractivity contribution < 1.29 is 4.79 Å². The normalized spacial score (nSPS) is 19.5.